The van der Waals surface area contributed by atoms with Crippen molar-refractivity contribution in [1.29, 1.82) is 0 Å². The number of anilines is 1. The first-order valence-corrected chi connectivity index (χ1v) is 11.2. The fraction of sp³-hybridized carbons (Fsp3) is 0.167. The Morgan fingerprint density at radius 2 is 2.04 bits per heavy atom. The van der Waals surface area contributed by atoms with Gasteiger partial charge in [0.05, 0.1) is 25.8 Å². The summed E-state index contributed by atoms with van der Waals surface area (Å²) in [6.45, 7) is 0. The number of hydrogen-bond acceptors (Lipinski definition) is 7. The summed E-state index contributed by atoms with van der Waals surface area (Å²) in [5.41, 5.74) is 10.9. The van der Waals surface area contributed by atoms with Gasteiger partial charge in [0.25, 0.3) is 0 Å². The first-order chi connectivity index (χ1) is 12.2. The molecule has 0 amide bonds. The predicted octanol–water partition coefficient (Wildman–Crippen LogP) is 5.92. The number of rotatable bonds is 4. The van der Waals surface area contributed by atoms with Gasteiger partial charge in [-0.1, -0.05) is 23.9 Å². The number of methoxy groups -OCH3 is 1. The van der Waals surface area contributed by atoms with Crippen LogP contribution in [0.1, 0.15) is 25.4 Å². The molecule has 4 rings (SSSR count). The smallest absolute Gasteiger partial charge is 0.160 e. The number of fused-ring (bicyclic) bond motifs is 1. The summed E-state index contributed by atoms with van der Waals surface area (Å²) in [7, 11) is 1.68. The van der Waals surface area contributed by atoms with Gasteiger partial charge in [-0.05, 0) is 34.7 Å². The van der Waals surface area contributed by atoms with Crippen molar-refractivity contribution < 1.29 is 9.53 Å². The number of aldehydes is 1. The summed E-state index contributed by atoms with van der Waals surface area (Å²) in [5.74, 6) is 1.77. The molecule has 3 heterocycles. The van der Waals surface area contributed by atoms with Gasteiger partial charge in [0.1, 0.15) is 5.75 Å². The highest BCUT2D eigenvalue weighted by Crippen LogP contribution is 2.57. The van der Waals surface area contributed by atoms with Crippen LogP contribution in [-0.4, -0.2) is 13.4 Å². The number of carbonyl (C=O) groups is 1. The third-order valence-corrected chi connectivity index (χ3v) is 8.96. The lowest BCUT2D eigenvalue weighted by Gasteiger charge is -2.22. The summed E-state index contributed by atoms with van der Waals surface area (Å²) in [4.78, 5) is 12.1. The van der Waals surface area contributed by atoms with Crippen LogP contribution in [0.2, 0.25) is 0 Å². The van der Waals surface area contributed by atoms with Crippen LogP contribution < -0.4 is 10.5 Å². The number of thioether (sulfide) groups is 2. The lowest BCUT2D eigenvalue weighted by molar-refractivity contribution is 0.112. The molecule has 2 aromatic heterocycles. The van der Waals surface area contributed by atoms with Crippen molar-refractivity contribution in [3.8, 4) is 16.9 Å². The molecule has 0 radical (unpaired) electrons. The number of nitrogen functional groups attached to an aromatic ring is 1. The molecule has 3 nitrogen and oxygen atoms in total. The van der Waals surface area contributed by atoms with E-state index in [1.807, 2.05) is 47.1 Å². The zero-order valence-electron chi connectivity index (χ0n) is 13.4. The van der Waals surface area contributed by atoms with Crippen LogP contribution in [0.3, 0.4) is 0 Å². The fourth-order valence-corrected chi connectivity index (χ4v) is 8.00. The highest BCUT2D eigenvalue weighted by atomic mass is 32.2. The van der Waals surface area contributed by atoms with Crippen molar-refractivity contribution in [2.75, 3.05) is 12.8 Å². The maximum atomic E-state index is 11.3. The summed E-state index contributed by atoms with van der Waals surface area (Å²) in [6.07, 6.45) is 0.923. The summed E-state index contributed by atoms with van der Waals surface area (Å²) < 4.78 is 6.84. The van der Waals surface area contributed by atoms with Crippen LogP contribution in [0.25, 0.3) is 11.1 Å². The zero-order chi connectivity index (χ0) is 17.4. The number of ether oxygens (including phenoxy) is 1. The van der Waals surface area contributed by atoms with Crippen LogP contribution in [-0.2, 0) is 5.75 Å². The van der Waals surface area contributed by atoms with Gasteiger partial charge >= 0.3 is 0 Å². The Labute approximate surface area is 162 Å². The highest BCUT2D eigenvalue weighted by molar-refractivity contribution is 8.17. The van der Waals surface area contributed by atoms with Crippen LogP contribution in [0, 0.1) is 0 Å². The van der Waals surface area contributed by atoms with Crippen molar-refractivity contribution >= 4 is 57.5 Å². The molecule has 1 aliphatic heterocycles. The molecule has 0 aliphatic carbocycles. The Kier molecular flexibility index (Phi) is 4.82. The van der Waals surface area contributed by atoms with Crippen LogP contribution >= 0.6 is 46.2 Å². The number of nitrogens with two attached hydrogens (primary N) is 1. The van der Waals surface area contributed by atoms with Gasteiger partial charge in [-0.2, -0.15) is 0 Å². The molecular formula is C18H15NO2S4. The van der Waals surface area contributed by atoms with Gasteiger partial charge in [0, 0.05) is 16.9 Å². The fourth-order valence-electron chi connectivity index (χ4n) is 2.82. The van der Waals surface area contributed by atoms with E-state index >= 15 is 0 Å². The second-order valence-corrected chi connectivity index (χ2v) is 10.2. The first kappa shape index (κ1) is 17.0. The Hall–Kier alpha value is -1.41. The molecule has 0 fully saturated rings. The SMILES string of the molecule is COc1ccc(C2SCc3c(sc(N)c3-c3ccsc3C=O)S2)cc1. The molecule has 0 spiro atoms. The lowest BCUT2D eigenvalue weighted by Crippen LogP contribution is -1.98. The van der Waals surface area contributed by atoms with Crippen molar-refractivity contribution in [1.82, 2.24) is 0 Å². The van der Waals surface area contributed by atoms with E-state index in [9.17, 15) is 4.79 Å². The zero-order valence-corrected chi connectivity index (χ0v) is 16.6. The standard InChI is InChI=1S/C18H15NO2S4/c1-21-11-4-2-10(3-5-11)17-23-9-13-15(16(19)24-18(13)25-17)12-6-7-22-14(12)8-20/h2-8,17H,9,19H2,1H3. The molecule has 25 heavy (non-hydrogen) atoms. The first-order valence-electron chi connectivity index (χ1n) is 7.57. The summed E-state index contributed by atoms with van der Waals surface area (Å²) in [5, 5.41) is 2.75. The van der Waals surface area contributed by atoms with E-state index in [1.54, 1.807) is 18.4 Å². The quantitative estimate of drug-likeness (QED) is 0.546. The molecule has 128 valence electrons. The van der Waals surface area contributed by atoms with Gasteiger partial charge in [0.2, 0.25) is 0 Å². The minimum absolute atomic E-state index is 0.345. The van der Waals surface area contributed by atoms with E-state index in [2.05, 4.69) is 12.1 Å². The summed E-state index contributed by atoms with van der Waals surface area (Å²) in [6, 6.07) is 10.2. The molecule has 0 saturated heterocycles. The number of carbonyl (C=O) groups excluding carboxylic acids is 1. The molecule has 1 aliphatic rings. The van der Waals surface area contributed by atoms with Crippen molar-refractivity contribution in [2.45, 2.75) is 14.5 Å². The van der Waals surface area contributed by atoms with E-state index in [4.69, 9.17) is 10.5 Å². The van der Waals surface area contributed by atoms with Crippen molar-refractivity contribution in [2.24, 2.45) is 0 Å². The van der Waals surface area contributed by atoms with E-state index < -0.39 is 0 Å². The van der Waals surface area contributed by atoms with Gasteiger partial charge in [-0.25, -0.2) is 0 Å². The molecule has 1 atom stereocenters. The van der Waals surface area contributed by atoms with Crippen LogP contribution in [0.15, 0.2) is 39.9 Å². The number of hydrogen-bond donors (Lipinski definition) is 1. The van der Waals surface area contributed by atoms with Crippen LogP contribution in [0.5, 0.6) is 5.75 Å². The molecule has 3 aromatic rings. The Balaban J connectivity index is 1.66. The third-order valence-electron chi connectivity index (χ3n) is 4.05. The minimum atomic E-state index is 0.345. The maximum absolute atomic E-state index is 11.3. The van der Waals surface area contributed by atoms with Crippen molar-refractivity contribution in [3.05, 3.63) is 51.7 Å². The molecule has 7 heteroatoms. The Morgan fingerprint density at radius 1 is 1.24 bits per heavy atom. The Bertz CT molecular complexity index is 914. The minimum Gasteiger partial charge on any atom is -0.497 e. The van der Waals surface area contributed by atoms with E-state index in [-0.39, 0.29) is 0 Å². The molecular weight excluding hydrogens is 390 g/mol. The molecule has 2 N–H and O–H groups in total. The normalized spacial score (nSPS) is 16.4. The van der Waals surface area contributed by atoms with Crippen LogP contribution in [0.4, 0.5) is 5.00 Å². The largest absolute Gasteiger partial charge is 0.497 e. The van der Waals surface area contributed by atoms with Gasteiger partial charge in [-0.15, -0.1) is 34.4 Å². The van der Waals surface area contributed by atoms with Gasteiger partial charge < -0.3 is 10.5 Å². The lowest BCUT2D eigenvalue weighted by atomic mass is 10.1. The highest BCUT2D eigenvalue weighted by Gasteiger charge is 2.28. The Morgan fingerprint density at radius 3 is 2.76 bits per heavy atom. The number of benzene rings is 1. The summed E-state index contributed by atoms with van der Waals surface area (Å²) >= 11 is 6.84. The van der Waals surface area contributed by atoms with Gasteiger partial charge in [-0.3, -0.25) is 4.79 Å². The van der Waals surface area contributed by atoms with E-state index in [1.165, 1.54) is 26.7 Å². The molecule has 0 bridgehead atoms. The molecule has 1 unspecified atom stereocenters. The second-order valence-electron chi connectivity index (χ2n) is 5.46. The van der Waals surface area contributed by atoms with Crippen molar-refractivity contribution in [3.63, 3.8) is 0 Å². The molecule has 0 saturated carbocycles. The van der Waals surface area contributed by atoms with Gasteiger partial charge in [0.15, 0.2) is 6.29 Å². The number of thiophene rings is 2. The third kappa shape index (κ3) is 3.10. The topological polar surface area (TPSA) is 52.3 Å². The monoisotopic (exact) mass is 405 g/mol. The average Bonchev–Trinajstić information content (AvgIpc) is 3.23. The average molecular weight is 406 g/mol. The predicted molar refractivity (Wildman–Crippen MR) is 110 cm³/mol. The maximum Gasteiger partial charge on any atom is 0.160 e. The molecule has 1 aromatic carbocycles. The second kappa shape index (κ2) is 7.07. The van der Waals surface area contributed by atoms with E-state index in [0.717, 1.165) is 38.8 Å². The van der Waals surface area contributed by atoms with E-state index in [0.29, 0.717) is 4.58 Å².